The lowest BCUT2D eigenvalue weighted by atomic mass is 9.82. The van der Waals surface area contributed by atoms with Crippen molar-refractivity contribution in [3.63, 3.8) is 0 Å². The first kappa shape index (κ1) is 32.7. The van der Waals surface area contributed by atoms with Gasteiger partial charge < -0.3 is 30.0 Å². The lowest BCUT2D eigenvalue weighted by molar-refractivity contribution is -0.120. The lowest BCUT2D eigenvalue weighted by Crippen LogP contribution is -2.35. The Balaban J connectivity index is 2.60. The van der Waals surface area contributed by atoms with Gasteiger partial charge >= 0.3 is 6.09 Å². The molecular weight excluding hydrogens is 516 g/mol. The Hall–Kier alpha value is -3.50. The van der Waals surface area contributed by atoms with E-state index in [4.69, 9.17) is 24.7 Å². The maximum Gasteiger partial charge on any atom is 0.405 e. The summed E-state index contributed by atoms with van der Waals surface area (Å²) in [6.45, 7) is 9.49. The molecule has 2 aliphatic rings. The van der Waals surface area contributed by atoms with Crippen molar-refractivity contribution in [2.45, 2.75) is 65.8 Å². The van der Waals surface area contributed by atoms with E-state index in [1.54, 1.807) is 26.2 Å². The Bertz CT molecular complexity index is 1150. The summed E-state index contributed by atoms with van der Waals surface area (Å²) < 4.78 is 22.2. The number of amides is 2. The first-order chi connectivity index (χ1) is 18.8. The van der Waals surface area contributed by atoms with Crippen molar-refractivity contribution in [3.05, 3.63) is 58.6 Å². The highest BCUT2D eigenvalue weighted by Gasteiger charge is 2.33. The molecule has 2 rings (SSSR count). The first-order valence-corrected chi connectivity index (χ1v) is 13.3. The van der Waals surface area contributed by atoms with Crippen LogP contribution in [0, 0.1) is 17.8 Å². The molecule has 0 saturated heterocycles. The second-order valence-electron chi connectivity index (χ2n) is 10.5. The van der Waals surface area contributed by atoms with Gasteiger partial charge in [0.2, 0.25) is 11.6 Å². The predicted octanol–water partition coefficient (Wildman–Crippen LogP) is 3.68. The van der Waals surface area contributed by atoms with E-state index < -0.39 is 35.8 Å². The molecule has 0 saturated carbocycles. The Morgan fingerprint density at radius 3 is 2.30 bits per heavy atom. The zero-order valence-electron chi connectivity index (χ0n) is 24.6. The number of nitrogens with two attached hydrogens (primary N) is 1. The number of hydrogen-bond donors (Lipinski definition) is 2. The van der Waals surface area contributed by atoms with Crippen molar-refractivity contribution in [1.29, 1.82) is 0 Å². The fraction of sp³-hybridized carbons (Fsp3) is 0.533. The molecule has 0 radical (unpaired) electrons. The summed E-state index contributed by atoms with van der Waals surface area (Å²) in [5.74, 6) is -1.54. The van der Waals surface area contributed by atoms with Gasteiger partial charge in [0.15, 0.2) is 11.9 Å². The van der Waals surface area contributed by atoms with Crippen LogP contribution in [-0.4, -0.2) is 63.2 Å². The molecule has 3 N–H and O–H groups in total. The average Bonchev–Trinajstić information content (AvgIpc) is 2.90. The van der Waals surface area contributed by atoms with E-state index in [2.05, 4.69) is 12.2 Å². The average molecular weight is 559 g/mol. The van der Waals surface area contributed by atoms with Gasteiger partial charge in [0, 0.05) is 31.4 Å². The van der Waals surface area contributed by atoms with E-state index in [0.717, 1.165) is 11.6 Å². The summed E-state index contributed by atoms with van der Waals surface area (Å²) >= 11 is 0. The van der Waals surface area contributed by atoms with Crippen LogP contribution in [0.5, 0.6) is 0 Å². The summed E-state index contributed by atoms with van der Waals surface area (Å²) in [5.41, 5.74) is 6.50. The number of Topliss-reactive ketones (excluding diaryl/α,β-unsaturated/α-hetero) is 1. The number of ether oxygens (including phenoxy) is 4. The molecule has 6 atom stereocenters. The zero-order chi connectivity index (χ0) is 30.1. The van der Waals surface area contributed by atoms with E-state index in [9.17, 15) is 19.2 Å². The third-order valence-corrected chi connectivity index (χ3v) is 7.44. The molecule has 0 aromatic carbocycles. The minimum absolute atomic E-state index is 0.00448. The number of hydrogen-bond acceptors (Lipinski definition) is 8. The van der Waals surface area contributed by atoms with Crippen LogP contribution in [0.3, 0.4) is 0 Å². The fourth-order valence-electron chi connectivity index (χ4n) is 4.99. The van der Waals surface area contributed by atoms with Crippen LogP contribution in [-0.2, 0) is 33.3 Å². The summed E-state index contributed by atoms with van der Waals surface area (Å²) in [6.07, 6.45) is 6.08. The van der Waals surface area contributed by atoms with E-state index in [1.807, 2.05) is 26.8 Å². The number of allylic oxidation sites excluding steroid dienone is 5. The molecule has 1 aliphatic carbocycles. The number of rotatable bonds is 4. The van der Waals surface area contributed by atoms with E-state index in [1.165, 1.54) is 20.3 Å². The molecule has 40 heavy (non-hydrogen) atoms. The second kappa shape index (κ2) is 14.8. The minimum atomic E-state index is -0.940. The molecule has 2 bridgehead atoms. The van der Waals surface area contributed by atoms with Gasteiger partial charge in [0.05, 0.1) is 18.9 Å². The van der Waals surface area contributed by atoms with Crippen LogP contribution in [0.2, 0.25) is 0 Å². The maximum atomic E-state index is 13.4. The summed E-state index contributed by atoms with van der Waals surface area (Å²) in [6, 6.07) is 0. The molecule has 0 fully saturated rings. The van der Waals surface area contributed by atoms with Crippen molar-refractivity contribution in [1.82, 2.24) is 5.32 Å². The molecule has 10 nitrogen and oxygen atoms in total. The van der Waals surface area contributed by atoms with Gasteiger partial charge in [-0.05, 0) is 50.0 Å². The largest absolute Gasteiger partial charge is 0.492 e. The molecule has 0 spiro atoms. The number of primary amides is 1. The molecule has 0 aromatic rings. The highest BCUT2D eigenvalue weighted by molar-refractivity contribution is 6.23. The van der Waals surface area contributed by atoms with Crippen LogP contribution in [0.15, 0.2) is 58.6 Å². The van der Waals surface area contributed by atoms with Crippen LogP contribution in [0.1, 0.15) is 47.5 Å². The molecular formula is C30H42N2O8. The number of ketones is 2. The van der Waals surface area contributed by atoms with Gasteiger partial charge in [-0.15, -0.1) is 0 Å². The zero-order valence-corrected chi connectivity index (χ0v) is 24.6. The molecule has 220 valence electrons. The topological polar surface area (TPSA) is 143 Å². The van der Waals surface area contributed by atoms with Crippen molar-refractivity contribution in [2.75, 3.05) is 21.3 Å². The molecule has 0 unspecified atom stereocenters. The highest BCUT2D eigenvalue weighted by Crippen LogP contribution is 2.31. The molecule has 0 aromatic heterocycles. The van der Waals surface area contributed by atoms with Crippen molar-refractivity contribution >= 4 is 23.6 Å². The summed E-state index contributed by atoms with van der Waals surface area (Å²) in [7, 11) is 4.46. The van der Waals surface area contributed by atoms with Crippen molar-refractivity contribution in [3.8, 4) is 0 Å². The predicted molar refractivity (Wildman–Crippen MR) is 150 cm³/mol. The second-order valence-corrected chi connectivity index (χ2v) is 10.5. The van der Waals surface area contributed by atoms with Crippen LogP contribution in [0.25, 0.3) is 0 Å². The SMILES string of the molecule is COC1=C2C[C@@H](C)C[C@H](OC)[C@H](C)[C@@H](C)/C=C(\C)[C@H](OC(N)=O)[C@@H](OC)/C=C\C=C(/C)C(=O)NC(=CC1=O)C2=O. The quantitative estimate of drug-likeness (QED) is 0.393. The molecule has 10 heteroatoms. The van der Waals surface area contributed by atoms with Gasteiger partial charge in [-0.3, -0.25) is 14.4 Å². The summed E-state index contributed by atoms with van der Waals surface area (Å²) in [4.78, 5) is 50.8. The van der Waals surface area contributed by atoms with Crippen LogP contribution in [0.4, 0.5) is 4.79 Å². The number of fused-ring (bicyclic) bond motifs is 2. The van der Waals surface area contributed by atoms with Gasteiger partial charge in [-0.25, -0.2) is 4.79 Å². The van der Waals surface area contributed by atoms with Crippen molar-refractivity contribution in [2.24, 2.45) is 23.5 Å². The number of carbonyl (C=O) groups is 4. The third kappa shape index (κ3) is 8.25. The molecule has 1 heterocycles. The van der Waals surface area contributed by atoms with E-state index in [0.29, 0.717) is 6.42 Å². The normalized spacial score (nSPS) is 32.7. The van der Waals surface area contributed by atoms with Crippen LogP contribution >= 0.6 is 0 Å². The Morgan fingerprint density at radius 2 is 1.73 bits per heavy atom. The number of nitrogens with one attached hydrogen (secondary N) is 1. The van der Waals surface area contributed by atoms with Gasteiger partial charge in [0.1, 0.15) is 6.10 Å². The molecule has 2 amide bonds. The standard InChI is InChI=1S/C30H42N2O8/c1-16-12-21-26(34)22(15-23(33)28(21)39-8)32-29(35)17(2)10-9-11-24(37-6)27(40-30(31)36)19(4)14-18(3)20(5)25(13-16)38-7/h9-11,14-16,18,20,24-25,27H,12-13H2,1-8H3,(H2,31,36)(H,32,35)/b11-9-,17-10+,19-14+/t16-,18+,20-,24+,25+,27+/m1/s1. The maximum absolute atomic E-state index is 13.4. The smallest absolute Gasteiger partial charge is 0.405 e. The van der Waals surface area contributed by atoms with Crippen molar-refractivity contribution < 1.29 is 38.1 Å². The minimum Gasteiger partial charge on any atom is -0.492 e. The molecule has 1 aliphatic heterocycles. The van der Waals surface area contributed by atoms with Gasteiger partial charge in [-0.2, -0.15) is 0 Å². The highest BCUT2D eigenvalue weighted by atomic mass is 16.6. The Kier molecular flexibility index (Phi) is 12.1. The van der Waals surface area contributed by atoms with Crippen LogP contribution < -0.4 is 11.1 Å². The lowest BCUT2D eigenvalue weighted by Gasteiger charge is -2.30. The van der Waals surface area contributed by atoms with E-state index in [-0.39, 0.29) is 52.9 Å². The Morgan fingerprint density at radius 1 is 1.05 bits per heavy atom. The first-order valence-electron chi connectivity index (χ1n) is 13.3. The van der Waals surface area contributed by atoms with Gasteiger partial charge in [0.25, 0.3) is 5.91 Å². The Labute approximate surface area is 236 Å². The van der Waals surface area contributed by atoms with Gasteiger partial charge in [-0.1, -0.05) is 45.1 Å². The monoisotopic (exact) mass is 558 g/mol. The summed E-state index contributed by atoms with van der Waals surface area (Å²) in [5, 5.41) is 2.56. The van der Waals surface area contributed by atoms with E-state index >= 15 is 0 Å². The fourth-order valence-corrected chi connectivity index (χ4v) is 4.99. The number of methoxy groups -OCH3 is 3. The number of carbonyl (C=O) groups excluding carboxylic acids is 4. The third-order valence-electron chi connectivity index (χ3n) is 7.44.